The average Bonchev–Trinajstić information content (AvgIpc) is 3.35. The Kier molecular flexibility index (Phi) is 7.61. The van der Waals surface area contributed by atoms with Crippen LogP contribution in [-0.4, -0.2) is 77.8 Å². The number of nitrogens with zero attached hydrogens (tertiary/aromatic N) is 3. The van der Waals surface area contributed by atoms with Crippen LogP contribution in [0.3, 0.4) is 0 Å². The summed E-state index contributed by atoms with van der Waals surface area (Å²) in [5, 5.41) is 20.8. The highest BCUT2D eigenvalue weighted by Gasteiger charge is 2.27. The number of fused-ring (bicyclic) bond motifs is 1. The fourth-order valence-electron chi connectivity index (χ4n) is 6.48. The Bertz CT molecular complexity index is 1300. The molecule has 2 aliphatic heterocycles. The molecule has 0 bridgehead atoms. The van der Waals surface area contributed by atoms with Gasteiger partial charge in [0.1, 0.15) is 11.9 Å². The highest BCUT2D eigenvalue weighted by Crippen LogP contribution is 2.38. The van der Waals surface area contributed by atoms with E-state index in [-0.39, 0.29) is 6.10 Å². The normalized spacial score (nSPS) is 19.9. The molecule has 3 heterocycles. The highest BCUT2D eigenvalue weighted by atomic mass is 16.5. The van der Waals surface area contributed by atoms with E-state index in [9.17, 15) is 9.90 Å². The van der Waals surface area contributed by atoms with Crippen molar-refractivity contribution < 1.29 is 19.4 Å². The smallest absolute Gasteiger partial charge is 0.409 e. The van der Waals surface area contributed by atoms with Crippen molar-refractivity contribution in [2.24, 2.45) is 0 Å². The molecule has 3 fully saturated rings. The van der Waals surface area contributed by atoms with Gasteiger partial charge in [-0.05, 0) is 55.2 Å². The van der Waals surface area contributed by atoms with E-state index in [0.717, 1.165) is 78.2 Å². The molecule has 2 saturated heterocycles. The number of ether oxygens (including phenoxy) is 2. The third-order valence-corrected chi connectivity index (χ3v) is 8.59. The van der Waals surface area contributed by atoms with Crippen LogP contribution in [0.5, 0.6) is 5.75 Å². The number of benzene rings is 2. The van der Waals surface area contributed by atoms with Crippen LogP contribution in [0.2, 0.25) is 0 Å². The molecule has 1 aliphatic carbocycles. The molecule has 0 unspecified atom stereocenters. The zero-order chi connectivity index (χ0) is 26.8. The first-order chi connectivity index (χ1) is 19.0. The van der Waals surface area contributed by atoms with Gasteiger partial charge >= 0.3 is 6.09 Å². The number of hydrogen-bond acceptors (Lipinski definition) is 6. The molecular formula is C30H39N5O4. The molecule has 2 aromatic carbocycles. The second kappa shape index (κ2) is 11.4. The van der Waals surface area contributed by atoms with Gasteiger partial charge in [-0.2, -0.15) is 5.10 Å². The second-order valence-corrected chi connectivity index (χ2v) is 11.1. The first-order valence-corrected chi connectivity index (χ1v) is 14.4. The number of carboxylic acid groups (broad SMARTS) is 1. The maximum Gasteiger partial charge on any atom is 0.409 e. The van der Waals surface area contributed by atoms with Crippen LogP contribution in [0, 0.1) is 6.92 Å². The Morgan fingerprint density at radius 1 is 1.03 bits per heavy atom. The van der Waals surface area contributed by atoms with E-state index < -0.39 is 6.09 Å². The third-order valence-electron chi connectivity index (χ3n) is 8.59. The Labute approximate surface area is 229 Å². The van der Waals surface area contributed by atoms with Crippen LogP contribution in [0.15, 0.2) is 30.3 Å². The maximum absolute atomic E-state index is 11.6. The summed E-state index contributed by atoms with van der Waals surface area (Å²) in [5.41, 5.74) is 5.41. The van der Waals surface area contributed by atoms with Crippen molar-refractivity contribution in [2.75, 3.05) is 49.6 Å². The number of aromatic nitrogens is 2. The highest BCUT2D eigenvalue weighted by molar-refractivity contribution is 5.94. The van der Waals surface area contributed by atoms with Gasteiger partial charge in [0.2, 0.25) is 0 Å². The minimum Gasteiger partial charge on any atom is -0.489 e. The number of H-pyrrole nitrogens is 1. The van der Waals surface area contributed by atoms with Gasteiger partial charge in [-0.1, -0.05) is 25.3 Å². The van der Waals surface area contributed by atoms with Crippen molar-refractivity contribution in [3.05, 3.63) is 36.0 Å². The van der Waals surface area contributed by atoms with Crippen LogP contribution in [0.25, 0.3) is 22.0 Å². The van der Waals surface area contributed by atoms with Gasteiger partial charge in [0, 0.05) is 45.1 Å². The van der Waals surface area contributed by atoms with Crippen molar-refractivity contribution in [3.63, 3.8) is 0 Å². The molecule has 0 spiro atoms. The zero-order valence-corrected chi connectivity index (χ0v) is 22.7. The number of nitrogens with one attached hydrogen (secondary N) is 2. The number of anilines is 2. The van der Waals surface area contributed by atoms with Crippen molar-refractivity contribution in [1.29, 1.82) is 0 Å². The van der Waals surface area contributed by atoms with Gasteiger partial charge in [-0.15, -0.1) is 0 Å². The molecule has 9 nitrogen and oxygen atoms in total. The van der Waals surface area contributed by atoms with E-state index in [1.807, 2.05) is 19.1 Å². The van der Waals surface area contributed by atoms with Gasteiger partial charge in [-0.3, -0.25) is 15.3 Å². The first-order valence-electron chi connectivity index (χ1n) is 14.4. The molecule has 3 aromatic rings. The predicted octanol–water partition coefficient (Wildman–Crippen LogP) is 5.64. The Balaban J connectivity index is 1.30. The predicted molar refractivity (Wildman–Crippen MR) is 153 cm³/mol. The lowest BCUT2D eigenvalue weighted by atomic mass is 9.93. The summed E-state index contributed by atoms with van der Waals surface area (Å²) in [6.07, 6.45) is 7.43. The minimum atomic E-state index is -1.05. The summed E-state index contributed by atoms with van der Waals surface area (Å²) in [6, 6.07) is 10.9. The van der Waals surface area contributed by atoms with Crippen LogP contribution < -0.4 is 15.0 Å². The van der Waals surface area contributed by atoms with E-state index in [0.29, 0.717) is 24.9 Å². The summed E-state index contributed by atoms with van der Waals surface area (Å²) in [5.74, 6) is 0.830. The van der Waals surface area contributed by atoms with E-state index in [2.05, 4.69) is 43.5 Å². The summed E-state index contributed by atoms with van der Waals surface area (Å²) in [4.78, 5) is 16.6. The molecule has 3 N–H and O–H groups in total. The molecule has 1 saturated carbocycles. The van der Waals surface area contributed by atoms with Crippen molar-refractivity contribution in [2.45, 2.75) is 64.0 Å². The summed E-state index contributed by atoms with van der Waals surface area (Å²) in [6.45, 7) is 7.19. The molecule has 0 radical (unpaired) electrons. The minimum absolute atomic E-state index is 0.115. The van der Waals surface area contributed by atoms with Crippen LogP contribution in [0.4, 0.5) is 16.2 Å². The van der Waals surface area contributed by atoms with Gasteiger partial charge in [0.15, 0.2) is 0 Å². The van der Waals surface area contributed by atoms with Gasteiger partial charge in [-0.25, -0.2) is 4.79 Å². The first kappa shape index (κ1) is 26.0. The lowest BCUT2D eigenvalue weighted by molar-refractivity contribution is 0.0262. The standard InChI is InChI=1S/C30H39N5O4/c1-20-29-26(33-32-20)17-22(19-28(29)39-24-9-15-38-16-10-24)21-7-8-25(31-30(36)37)27(18-21)35-13-11-34(12-14-35)23-5-3-2-4-6-23/h7-8,17-19,23-24,31H,2-6,9-16H2,1H3,(H,32,33)(H,36,37). The van der Waals surface area contributed by atoms with Crippen LogP contribution >= 0.6 is 0 Å². The quantitative estimate of drug-likeness (QED) is 0.377. The van der Waals surface area contributed by atoms with Crippen molar-refractivity contribution in [3.8, 4) is 16.9 Å². The summed E-state index contributed by atoms with van der Waals surface area (Å²) < 4.78 is 12.0. The maximum atomic E-state index is 11.6. The monoisotopic (exact) mass is 533 g/mol. The van der Waals surface area contributed by atoms with Gasteiger partial charge < -0.3 is 19.5 Å². The lowest BCUT2D eigenvalue weighted by Crippen LogP contribution is -2.51. The fraction of sp³-hybridized carbons (Fsp3) is 0.533. The second-order valence-electron chi connectivity index (χ2n) is 11.1. The van der Waals surface area contributed by atoms with Crippen molar-refractivity contribution in [1.82, 2.24) is 15.1 Å². The number of carbonyl (C=O) groups is 1. The van der Waals surface area contributed by atoms with E-state index in [1.54, 1.807) is 0 Å². The third kappa shape index (κ3) is 5.70. The topological polar surface area (TPSA) is 103 Å². The lowest BCUT2D eigenvalue weighted by Gasteiger charge is -2.42. The number of aryl methyl sites for hydroxylation is 1. The van der Waals surface area contributed by atoms with E-state index in [1.165, 1.54) is 32.1 Å². The SMILES string of the molecule is Cc1n[nH]c2cc(-c3ccc(NC(=O)O)c(N4CCN(C5CCCCC5)CC4)c3)cc(OC3CCOCC3)c12. The van der Waals surface area contributed by atoms with Crippen LogP contribution in [-0.2, 0) is 4.74 Å². The van der Waals surface area contributed by atoms with Crippen molar-refractivity contribution >= 4 is 28.4 Å². The largest absolute Gasteiger partial charge is 0.489 e. The number of rotatable bonds is 6. The molecule has 1 amide bonds. The average molecular weight is 534 g/mol. The Morgan fingerprint density at radius 3 is 2.54 bits per heavy atom. The molecule has 9 heteroatoms. The Morgan fingerprint density at radius 2 is 1.79 bits per heavy atom. The summed E-state index contributed by atoms with van der Waals surface area (Å²) >= 11 is 0. The fourth-order valence-corrected chi connectivity index (χ4v) is 6.48. The summed E-state index contributed by atoms with van der Waals surface area (Å²) in [7, 11) is 0. The molecule has 6 rings (SSSR count). The molecule has 208 valence electrons. The van der Waals surface area contributed by atoms with E-state index in [4.69, 9.17) is 9.47 Å². The molecule has 3 aliphatic rings. The van der Waals surface area contributed by atoms with Gasteiger partial charge in [0.25, 0.3) is 0 Å². The number of piperazine rings is 1. The van der Waals surface area contributed by atoms with E-state index >= 15 is 0 Å². The Hall–Kier alpha value is -3.30. The van der Waals surface area contributed by atoms with Crippen LogP contribution in [0.1, 0.15) is 50.6 Å². The molecule has 1 aromatic heterocycles. The number of aromatic amines is 1. The zero-order valence-electron chi connectivity index (χ0n) is 22.7. The number of amides is 1. The number of hydrogen-bond donors (Lipinski definition) is 3. The molecule has 39 heavy (non-hydrogen) atoms. The van der Waals surface area contributed by atoms with Gasteiger partial charge in [0.05, 0.1) is 41.2 Å². The molecular weight excluding hydrogens is 494 g/mol. The molecule has 0 atom stereocenters.